The lowest BCUT2D eigenvalue weighted by molar-refractivity contribution is -0.120. The van der Waals surface area contributed by atoms with Gasteiger partial charge in [0.2, 0.25) is 5.91 Å². The first-order valence-electron chi connectivity index (χ1n) is 7.38. The molecule has 0 aliphatic carbocycles. The average Bonchev–Trinajstić information content (AvgIpc) is 2.47. The largest absolute Gasteiger partial charge is 0.372 e. The Bertz CT molecular complexity index is 558. The summed E-state index contributed by atoms with van der Waals surface area (Å²) in [5.74, 6) is -0.475. The van der Waals surface area contributed by atoms with Gasteiger partial charge in [0.05, 0.1) is 11.4 Å². The van der Waals surface area contributed by atoms with Crippen LogP contribution in [0.15, 0.2) is 18.2 Å². The third kappa shape index (κ3) is 4.27. The van der Waals surface area contributed by atoms with E-state index in [1.165, 1.54) is 6.42 Å². The topological polar surface area (TPSA) is 87.5 Å². The Balaban J connectivity index is 2.16. The molecule has 0 radical (unpaired) electrons. The maximum absolute atomic E-state index is 11.8. The molecular formula is C15H21ClN4O2. The second-order valence-corrected chi connectivity index (χ2v) is 5.87. The van der Waals surface area contributed by atoms with Crippen molar-refractivity contribution in [3.8, 4) is 0 Å². The van der Waals surface area contributed by atoms with Crippen molar-refractivity contribution in [2.24, 2.45) is 5.73 Å². The molecular weight excluding hydrogens is 304 g/mol. The molecule has 4 N–H and O–H groups in total. The molecule has 7 heteroatoms. The molecule has 2 rings (SSSR count). The van der Waals surface area contributed by atoms with E-state index in [1.807, 2.05) is 12.1 Å². The zero-order chi connectivity index (χ0) is 16.1. The number of halogens is 1. The number of carbonyl (C=O) groups is 2. The van der Waals surface area contributed by atoms with Crippen LogP contribution in [0.5, 0.6) is 0 Å². The number of amides is 3. The number of nitrogens with two attached hydrogens (primary N) is 1. The Hall–Kier alpha value is -1.95. The SMILES string of the molecule is C[C@H](Nc1cc(Cl)ccc1N1CCCCC1)C(=O)NC(N)=O. The van der Waals surface area contributed by atoms with Gasteiger partial charge >= 0.3 is 6.03 Å². The Labute approximate surface area is 135 Å². The highest BCUT2D eigenvalue weighted by Crippen LogP contribution is 2.31. The number of imide groups is 1. The minimum Gasteiger partial charge on any atom is -0.372 e. The van der Waals surface area contributed by atoms with E-state index < -0.39 is 18.0 Å². The Morgan fingerprint density at radius 3 is 2.59 bits per heavy atom. The molecule has 0 spiro atoms. The van der Waals surface area contributed by atoms with Gasteiger partial charge in [0, 0.05) is 18.1 Å². The van der Waals surface area contributed by atoms with Crippen molar-refractivity contribution in [3.63, 3.8) is 0 Å². The van der Waals surface area contributed by atoms with Crippen LogP contribution in [0.1, 0.15) is 26.2 Å². The van der Waals surface area contributed by atoms with E-state index in [1.54, 1.807) is 13.0 Å². The Morgan fingerprint density at radius 1 is 1.27 bits per heavy atom. The zero-order valence-electron chi connectivity index (χ0n) is 12.6. The molecule has 1 aliphatic rings. The Kier molecular flexibility index (Phi) is 5.49. The van der Waals surface area contributed by atoms with Gasteiger partial charge in [0.25, 0.3) is 0 Å². The first-order chi connectivity index (χ1) is 10.5. The van der Waals surface area contributed by atoms with Gasteiger partial charge in [-0.25, -0.2) is 4.79 Å². The van der Waals surface area contributed by atoms with E-state index in [2.05, 4.69) is 15.5 Å². The fraction of sp³-hybridized carbons (Fsp3) is 0.467. The summed E-state index contributed by atoms with van der Waals surface area (Å²) in [5.41, 5.74) is 6.76. The lowest BCUT2D eigenvalue weighted by Gasteiger charge is -2.31. The van der Waals surface area contributed by atoms with Crippen LogP contribution in [0.2, 0.25) is 5.02 Å². The molecule has 1 aromatic rings. The monoisotopic (exact) mass is 324 g/mol. The molecule has 0 aromatic heterocycles. The van der Waals surface area contributed by atoms with Crippen LogP contribution < -0.4 is 21.3 Å². The lowest BCUT2D eigenvalue weighted by Crippen LogP contribution is -2.43. The van der Waals surface area contributed by atoms with Gasteiger partial charge in [-0.1, -0.05) is 11.6 Å². The molecule has 6 nitrogen and oxygen atoms in total. The van der Waals surface area contributed by atoms with Gasteiger partial charge in [0.1, 0.15) is 6.04 Å². The molecule has 1 aliphatic heterocycles. The molecule has 1 fully saturated rings. The number of piperidine rings is 1. The van der Waals surface area contributed by atoms with Gasteiger partial charge in [-0.3, -0.25) is 10.1 Å². The van der Waals surface area contributed by atoms with Gasteiger partial charge in [-0.05, 0) is 44.4 Å². The normalized spacial score (nSPS) is 16.0. The number of benzene rings is 1. The number of primary amides is 1. The van der Waals surface area contributed by atoms with Crippen LogP contribution in [0, 0.1) is 0 Å². The first-order valence-corrected chi connectivity index (χ1v) is 7.76. The molecule has 22 heavy (non-hydrogen) atoms. The van der Waals surface area contributed by atoms with Crippen molar-refractivity contribution in [3.05, 3.63) is 23.2 Å². The number of hydrogen-bond donors (Lipinski definition) is 3. The van der Waals surface area contributed by atoms with E-state index in [0.29, 0.717) is 5.02 Å². The van der Waals surface area contributed by atoms with Gasteiger partial charge in [-0.15, -0.1) is 0 Å². The summed E-state index contributed by atoms with van der Waals surface area (Å²) in [6.45, 7) is 3.63. The zero-order valence-corrected chi connectivity index (χ0v) is 13.3. The predicted octanol–water partition coefficient (Wildman–Crippen LogP) is 2.33. The number of rotatable bonds is 4. The highest BCUT2D eigenvalue weighted by Gasteiger charge is 2.19. The quantitative estimate of drug-likeness (QED) is 0.793. The Morgan fingerprint density at radius 2 is 1.95 bits per heavy atom. The van der Waals surface area contributed by atoms with Crippen molar-refractivity contribution in [1.29, 1.82) is 0 Å². The van der Waals surface area contributed by atoms with Crippen molar-refractivity contribution in [2.45, 2.75) is 32.2 Å². The molecule has 0 saturated carbocycles. The van der Waals surface area contributed by atoms with Crippen molar-refractivity contribution >= 4 is 34.9 Å². The first kappa shape index (κ1) is 16.4. The maximum Gasteiger partial charge on any atom is 0.318 e. The van der Waals surface area contributed by atoms with E-state index in [0.717, 1.165) is 37.3 Å². The minimum atomic E-state index is -0.860. The van der Waals surface area contributed by atoms with Crippen molar-refractivity contribution in [2.75, 3.05) is 23.3 Å². The van der Waals surface area contributed by atoms with Gasteiger partial charge in [-0.2, -0.15) is 0 Å². The van der Waals surface area contributed by atoms with E-state index >= 15 is 0 Å². The van der Waals surface area contributed by atoms with Crippen LogP contribution >= 0.6 is 11.6 Å². The fourth-order valence-corrected chi connectivity index (χ4v) is 2.74. The molecule has 120 valence electrons. The number of anilines is 2. The van der Waals surface area contributed by atoms with Crippen LogP contribution in [-0.4, -0.2) is 31.1 Å². The summed E-state index contributed by atoms with van der Waals surface area (Å²) in [7, 11) is 0. The van der Waals surface area contributed by atoms with E-state index in [4.69, 9.17) is 17.3 Å². The smallest absolute Gasteiger partial charge is 0.318 e. The number of urea groups is 1. The fourth-order valence-electron chi connectivity index (χ4n) is 2.56. The number of nitrogens with zero attached hydrogens (tertiary/aromatic N) is 1. The van der Waals surface area contributed by atoms with E-state index in [9.17, 15) is 9.59 Å². The van der Waals surface area contributed by atoms with Crippen LogP contribution in [0.25, 0.3) is 0 Å². The van der Waals surface area contributed by atoms with Gasteiger partial charge < -0.3 is 16.0 Å². The highest BCUT2D eigenvalue weighted by molar-refractivity contribution is 6.31. The summed E-state index contributed by atoms with van der Waals surface area (Å²) in [5, 5.41) is 5.76. The van der Waals surface area contributed by atoms with Crippen LogP contribution in [0.3, 0.4) is 0 Å². The van der Waals surface area contributed by atoms with Crippen LogP contribution in [-0.2, 0) is 4.79 Å². The van der Waals surface area contributed by atoms with E-state index in [-0.39, 0.29) is 0 Å². The van der Waals surface area contributed by atoms with Crippen molar-refractivity contribution < 1.29 is 9.59 Å². The maximum atomic E-state index is 11.8. The van der Waals surface area contributed by atoms with Crippen molar-refractivity contribution in [1.82, 2.24) is 5.32 Å². The molecule has 0 bridgehead atoms. The molecule has 0 unspecified atom stereocenters. The molecule has 1 aromatic carbocycles. The molecule has 3 amide bonds. The summed E-state index contributed by atoms with van der Waals surface area (Å²) >= 11 is 6.07. The third-order valence-corrected chi connectivity index (χ3v) is 3.90. The molecule has 1 heterocycles. The summed E-state index contributed by atoms with van der Waals surface area (Å²) in [6, 6.07) is 4.12. The minimum absolute atomic E-state index is 0.475. The lowest BCUT2D eigenvalue weighted by atomic mass is 10.1. The summed E-state index contributed by atoms with van der Waals surface area (Å²) in [4.78, 5) is 24.9. The molecule has 1 saturated heterocycles. The molecule has 1 atom stereocenters. The summed E-state index contributed by atoms with van der Waals surface area (Å²) < 4.78 is 0. The average molecular weight is 325 g/mol. The highest BCUT2D eigenvalue weighted by atomic mass is 35.5. The second-order valence-electron chi connectivity index (χ2n) is 5.43. The van der Waals surface area contributed by atoms with Crippen LogP contribution in [0.4, 0.5) is 16.2 Å². The number of hydrogen-bond acceptors (Lipinski definition) is 4. The number of nitrogens with one attached hydrogen (secondary N) is 2. The number of carbonyl (C=O) groups excluding carboxylic acids is 2. The predicted molar refractivity (Wildman–Crippen MR) is 88.3 cm³/mol. The second kappa shape index (κ2) is 7.35. The van der Waals surface area contributed by atoms with Gasteiger partial charge in [0.15, 0.2) is 0 Å². The standard InChI is InChI=1S/C15H21ClN4O2/c1-10(14(21)19-15(17)22)18-12-9-11(16)5-6-13(12)20-7-3-2-4-8-20/h5-6,9-10,18H,2-4,7-8H2,1H3,(H3,17,19,21,22)/t10-/m0/s1. The third-order valence-electron chi connectivity index (χ3n) is 3.67. The summed E-state index contributed by atoms with van der Waals surface area (Å²) in [6.07, 6.45) is 3.55.